The maximum atomic E-state index is 12.5. The fourth-order valence-corrected chi connectivity index (χ4v) is 3.74. The van der Waals surface area contributed by atoms with Crippen molar-refractivity contribution in [2.75, 3.05) is 12.4 Å². The molecular weight excluding hydrogens is 435 g/mol. The van der Waals surface area contributed by atoms with Crippen LogP contribution in [0.2, 0.25) is 10.0 Å². The van der Waals surface area contributed by atoms with E-state index in [4.69, 9.17) is 27.9 Å². The van der Waals surface area contributed by atoms with E-state index in [9.17, 15) is 9.59 Å². The van der Waals surface area contributed by atoms with Crippen molar-refractivity contribution in [1.82, 2.24) is 5.32 Å². The first-order chi connectivity index (χ1) is 14.9. The summed E-state index contributed by atoms with van der Waals surface area (Å²) in [7, 11) is 1.54. The molecule has 0 heterocycles. The van der Waals surface area contributed by atoms with E-state index in [0.29, 0.717) is 33.5 Å². The second-order valence-corrected chi connectivity index (χ2v) is 7.84. The maximum Gasteiger partial charge on any atom is 0.258 e. The fraction of sp³-hybridized carbons (Fsp3) is 0.167. The number of carbonyl (C=O) groups excluding carboxylic acids is 2. The molecule has 160 valence electrons. The predicted octanol–water partition coefficient (Wildman–Crippen LogP) is 5.62. The Bertz CT molecular complexity index is 1060. The average Bonchev–Trinajstić information content (AvgIpc) is 2.75. The summed E-state index contributed by atoms with van der Waals surface area (Å²) in [5.74, 6) is -0.0304. The van der Waals surface area contributed by atoms with Crippen LogP contribution < -0.4 is 15.4 Å². The van der Waals surface area contributed by atoms with Gasteiger partial charge in [-0.3, -0.25) is 9.59 Å². The number of hydrogen-bond acceptors (Lipinski definition) is 3. The molecule has 0 radical (unpaired) electrons. The molecule has 2 amide bonds. The van der Waals surface area contributed by atoms with Crippen LogP contribution in [0, 0.1) is 0 Å². The number of para-hydroxylation sites is 1. The van der Waals surface area contributed by atoms with Crippen molar-refractivity contribution in [3.8, 4) is 5.75 Å². The molecule has 0 aliphatic rings. The molecule has 1 unspecified atom stereocenters. The van der Waals surface area contributed by atoms with E-state index in [2.05, 4.69) is 10.6 Å². The Labute approximate surface area is 191 Å². The van der Waals surface area contributed by atoms with E-state index in [1.165, 1.54) is 7.11 Å². The van der Waals surface area contributed by atoms with Gasteiger partial charge in [0.25, 0.3) is 11.8 Å². The zero-order chi connectivity index (χ0) is 22.4. The number of ether oxygens (including phenoxy) is 1. The van der Waals surface area contributed by atoms with Gasteiger partial charge in [-0.2, -0.15) is 0 Å². The third-order valence-corrected chi connectivity index (χ3v) is 5.30. The second-order valence-electron chi connectivity index (χ2n) is 7.03. The summed E-state index contributed by atoms with van der Waals surface area (Å²) < 4.78 is 5.25. The number of anilines is 1. The predicted molar refractivity (Wildman–Crippen MR) is 124 cm³/mol. The summed E-state index contributed by atoms with van der Waals surface area (Å²) >= 11 is 12.2. The Morgan fingerprint density at radius 1 is 0.903 bits per heavy atom. The van der Waals surface area contributed by atoms with Crippen LogP contribution in [0.4, 0.5) is 5.69 Å². The first-order valence-electron chi connectivity index (χ1n) is 9.67. The SMILES string of the molecule is COc1ccccc1C(=O)NC(C)Cc1ccc(NC(=O)c2c(Cl)cccc2Cl)cc1. The Morgan fingerprint density at radius 3 is 2.19 bits per heavy atom. The first kappa shape index (κ1) is 22.7. The zero-order valence-electron chi connectivity index (χ0n) is 17.1. The molecule has 3 aromatic rings. The number of rotatable bonds is 7. The van der Waals surface area contributed by atoms with Crippen molar-refractivity contribution in [3.63, 3.8) is 0 Å². The van der Waals surface area contributed by atoms with Crippen LogP contribution in [0.15, 0.2) is 66.7 Å². The molecule has 0 bridgehead atoms. The number of amides is 2. The van der Waals surface area contributed by atoms with Crippen LogP contribution in [-0.4, -0.2) is 25.0 Å². The van der Waals surface area contributed by atoms with Gasteiger partial charge in [-0.1, -0.05) is 53.5 Å². The van der Waals surface area contributed by atoms with Gasteiger partial charge < -0.3 is 15.4 Å². The number of halogens is 2. The van der Waals surface area contributed by atoms with Gasteiger partial charge in [0.1, 0.15) is 5.75 Å². The van der Waals surface area contributed by atoms with Gasteiger partial charge in [-0.25, -0.2) is 0 Å². The van der Waals surface area contributed by atoms with Gasteiger partial charge in [-0.05, 0) is 55.3 Å². The topological polar surface area (TPSA) is 67.4 Å². The smallest absolute Gasteiger partial charge is 0.258 e. The van der Waals surface area contributed by atoms with Gasteiger partial charge >= 0.3 is 0 Å². The van der Waals surface area contributed by atoms with Crippen molar-refractivity contribution in [3.05, 3.63) is 93.5 Å². The van der Waals surface area contributed by atoms with Crippen LogP contribution in [0.3, 0.4) is 0 Å². The van der Waals surface area contributed by atoms with E-state index in [0.717, 1.165) is 5.56 Å². The normalized spacial score (nSPS) is 11.5. The van der Waals surface area contributed by atoms with Crippen molar-refractivity contribution < 1.29 is 14.3 Å². The molecule has 0 saturated carbocycles. The molecular formula is C24H22Cl2N2O3. The monoisotopic (exact) mass is 456 g/mol. The quantitative estimate of drug-likeness (QED) is 0.484. The fourth-order valence-electron chi connectivity index (χ4n) is 3.17. The Morgan fingerprint density at radius 2 is 1.55 bits per heavy atom. The molecule has 5 nitrogen and oxygen atoms in total. The van der Waals surface area contributed by atoms with Crippen LogP contribution in [0.5, 0.6) is 5.75 Å². The molecule has 0 saturated heterocycles. The summed E-state index contributed by atoms with van der Waals surface area (Å²) in [4.78, 5) is 25.0. The van der Waals surface area contributed by atoms with Gasteiger partial charge in [0.2, 0.25) is 0 Å². The van der Waals surface area contributed by atoms with E-state index in [1.807, 2.05) is 25.1 Å². The highest BCUT2D eigenvalue weighted by Gasteiger charge is 2.16. The maximum absolute atomic E-state index is 12.5. The lowest BCUT2D eigenvalue weighted by Crippen LogP contribution is -2.34. The minimum atomic E-state index is -0.374. The Balaban J connectivity index is 1.60. The Kier molecular flexibility index (Phi) is 7.55. The highest BCUT2D eigenvalue weighted by molar-refractivity contribution is 6.40. The molecule has 3 rings (SSSR count). The lowest BCUT2D eigenvalue weighted by Gasteiger charge is -2.16. The molecule has 7 heteroatoms. The number of carbonyl (C=O) groups is 2. The van der Waals surface area contributed by atoms with Gasteiger partial charge in [0, 0.05) is 11.7 Å². The van der Waals surface area contributed by atoms with Crippen molar-refractivity contribution in [2.24, 2.45) is 0 Å². The van der Waals surface area contributed by atoms with E-state index in [-0.39, 0.29) is 23.4 Å². The standard InChI is InChI=1S/C24H22Cl2N2O3/c1-15(27-23(29)18-6-3-4-9-21(18)31-2)14-16-10-12-17(13-11-16)28-24(30)22-19(25)7-5-8-20(22)26/h3-13,15H,14H2,1-2H3,(H,27,29)(H,28,30). The number of benzene rings is 3. The third kappa shape index (κ3) is 5.78. The van der Waals surface area contributed by atoms with Gasteiger partial charge in [0.15, 0.2) is 0 Å². The molecule has 3 aromatic carbocycles. The minimum absolute atomic E-state index is 0.0974. The molecule has 1 atom stereocenters. The minimum Gasteiger partial charge on any atom is -0.496 e. The summed E-state index contributed by atoms with van der Waals surface area (Å²) in [5.41, 5.74) is 2.37. The van der Waals surface area contributed by atoms with E-state index in [1.54, 1.807) is 48.5 Å². The molecule has 0 fully saturated rings. The number of methoxy groups -OCH3 is 1. The average molecular weight is 457 g/mol. The highest BCUT2D eigenvalue weighted by atomic mass is 35.5. The van der Waals surface area contributed by atoms with Crippen LogP contribution in [0.25, 0.3) is 0 Å². The Hall–Kier alpha value is -3.02. The van der Waals surface area contributed by atoms with Crippen LogP contribution >= 0.6 is 23.2 Å². The summed E-state index contributed by atoms with van der Waals surface area (Å²) in [5, 5.41) is 6.36. The van der Waals surface area contributed by atoms with Crippen molar-refractivity contribution in [2.45, 2.75) is 19.4 Å². The zero-order valence-corrected chi connectivity index (χ0v) is 18.6. The molecule has 0 spiro atoms. The van der Waals surface area contributed by atoms with Crippen molar-refractivity contribution >= 4 is 40.7 Å². The molecule has 0 aliphatic heterocycles. The van der Waals surface area contributed by atoms with Gasteiger partial charge in [0.05, 0.1) is 28.3 Å². The molecule has 2 N–H and O–H groups in total. The van der Waals surface area contributed by atoms with E-state index < -0.39 is 0 Å². The largest absolute Gasteiger partial charge is 0.496 e. The first-order valence-corrected chi connectivity index (χ1v) is 10.4. The van der Waals surface area contributed by atoms with Crippen LogP contribution in [0.1, 0.15) is 33.2 Å². The van der Waals surface area contributed by atoms with Crippen LogP contribution in [-0.2, 0) is 6.42 Å². The molecule has 31 heavy (non-hydrogen) atoms. The third-order valence-electron chi connectivity index (χ3n) is 4.67. The van der Waals surface area contributed by atoms with Crippen molar-refractivity contribution in [1.29, 1.82) is 0 Å². The molecule has 0 aliphatic carbocycles. The second kappa shape index (κ2) is 10.3. The van der Waals surface area contributed by atoms with Gasteiger partial charge in [-0.15, -0.1) is 0 Å². The van der Waals surface area contributed by atoms with E-state index >= 15 is 0 Å². The summed E-state index contributed by atoms with van der Waals surface area (Å²) in [6.07, 6.45) is 0.630. The highest BCUT2D eigenvalue weighted by Crippen LogP contribution is 2.25. The lowest BCUT2D eigenvalue weighted by atomic mass is 10.1. The molecule has 0 aromatic heterocycles. The number of nitrogens with one attached hydrogen (secondary N) is 2. The number of hydrogen-bond donors (Lipinski definition) is 2. The summed E-state index contributed by atoms with van der Waals surface area (Å²) in [6, 6.07) is 19.3. The lowest BCUT2D eigenvalue weighted by molar-refractivity contribution is 0.0936. The summed E-state index contributed by atoms with van der Waals surface area (Å²) in [6.45, 7) is 1.93.